The zero-order chi connectivity index (χ0) is 21.2. The van der Waals surface area contributed by atoms with Crippen molar-refractivity contribution >= 4 is 21.8 Å². The topological polar surface area (TPSA) is 41.4 Å². The Morgan fingerprint density at radius 3 is 2.45 bits per heavy atom. The second-order valence-corrected chi connectivity index (χ2v) is 8.16. The van der Waals surface area contributed by atoms with E-state index in [1.807, 2.05) is 6.07 Å². The van der Waals surface area contributed by atoms with E-state index in [9.17, 15) is 18.0 Å². The summed E-state index contributed by atoms with van der Waals surface area (Å²) >= 11 is 2.95. The fraction of sp³-hybridized carbons (Fsp3) is 0.500. The number of hydrogen-bond donors (Lipinski definition) is 0. The third-order valence-corrected chi connectivity index (χ3v) is 6.10. The van der Waals surface area contributed by atoms with Gasteiger partial charge >= 0.3 is 6.18 Å². The molecule has 1 fully saturated rings. The first kappa shape index (κ1) is 21.8. The lowest BCUT2D eigenvalue weighted by Crippen LogP contribution is -2.48. The monoisotopic (exact) mass is 472 g/mol. The number of piperazine rings is 1. The molecule has 0 saturated carbocycles. The van der Waals surface area contributed by atoms with Crippen LogP contribution in [0.4, 0.5) is 13.2 Å². The molecule has 5 nitrogen and oxygen atoms in total. The molecule has 2 aromatic rings. The molecule has 158 valence electrons. The Labute approximate surface area is 176 Å². The Morgan fingerprint density at radius 1 is 1.17 bits per heavy atom. The Hall–Kier alpha value is -1.87. The van der Waals surface area contributed by atoms with Crippen molar-refractivity contribution in [3.8, 4) is 0 Å². The summed E-state index contributed by atoms with van der Waals surface area (Å²) in [7, 11) is 0. The van der Waals surface area contributed by atoms with Crippen LogP contribution in [0.5, 0.6) is 0 Å². The van der Waals surface area contributed by atoms with Crippen molar-refractivity contribution < 1.29 is 18.0 Å². The van der Waals surface area contributed by atoms with E-state index in [2.05, 4.69) is 51.1 Å². The first-order valence-electron chi connectivity index (χ1n) is 9.51. The minimum atomic E-state index is -4.52. The SMILES string of the molecule is Cc1cccc(CN2CCN(C(=O)CCn3nc(C(F)(F)F)c(Br)c3C)CC2)c1. The number of nitrogens with zero attached hydrogens (tertiary/aromatic N) is 4. The third kappa shape index (κ3) is 5.39. The van der Waals surface area contributed by atoms with Crippen molar-refractivity contribution in [2.45, 2.75) is 39.5 Å². The van der Waals surface area contributed by atoms with Gasteiger partial charge in [-0.3, -0.25) is 14.4 Å². The highest BCUT2D eigenvalue weighted by Gasteiger charge is 2.38. The second-order valence-electron chi connectivity index (χ2n) is 7.36. The van der Waals surface area contributed by atoms with E-state index in [0.717, 1.165) is 19.6 Å². The highest BCUT2D eigenvalue weighted by atomic mass is 79.9. The van der Waals surface area contributed by atoms with Gasteiger partial charge in [-0.05, 0) is 35.3 Å². The molecule has 1 saturated heterocycles. The van der Waals surface area contributed by atoms with Crippen molar-refractivity contribution in [1.82, 2.24) is 19.6 Å². The lowest BCUT2D eigenvalue weighted by molar-refractivity contribution is -0.142. The average Bonchev–Trinajstić information content (AvgIpc) is 2.95. The quantitative estimate of drug-likeness (QED) is 0.659. The van der Waals surface area contributed by atoms with Gasteiger partial charge in [0.2, 0.25) is 5.91 Å². The zero-order valence-corrected chi connectivity index (χ0v) is 18.1. The Bertz CT molecular complexity index is 873. The standard InChI is InChI=1S/C20H24BrF3N4O/c1-14-4-3-5-16(12-14)13-26-8-10-27(11-9-26)17(29)6-7-28-15(2)18(21)19(25-28)20(22,23)24/h3-5,12H,6-11,13H2,1-2H3. The van der Waals surface area contributed by atoms with Crippen molar-refractivity contribution in [3.63, 3.8) is 0 Å². The summed E-state index contributed by atoms with van der Waals surface area (Å²) in [6, 6.07) is 8.38. The number of rotatable bonds is 5. The maximum absolute atomic E-state index is 13.0. The second kappa shape index (κ2) is 8.87. The third-order valence-electron chi connectivity index (χ3n) is 5.15. The number of amides is 1. The lowest BCUT2D eigenvalue weighted by Gasteiger charge is -2.35. The number of carbonyl (C=O) groups is 1. The first-order chi connectivity index (χ1) is 13.6. The van der Waals surface area contributed by atoms with Crippen LogP contribution in [0.15, 0.2) is 28.7 Å². The Balaban J connectivity index is 1.50. The summed E-state index contributed by atoms with van der Waals surface area (Å²) in [5.41, 5.74) is 1.90. The van der Waals surface area contributed by atoms with Crippen molar-refractivity contribution in [2.24, 2.45) is 0 Å². The number of alkyl halides is 3. The largest absolute Gasteiger partial charge is 0.436 e. The van der Waals surface area contributed by atoms with Gasteiger partial charge in [-0.15, -0.1) is 0 Å². The Morgan fingerprint density at radius 2 is 1.86 bits per heavy atom. The van der Waals surface area contributed by atoms with Crippen molar-refractivity contribution in [2.75, 3.05) is 26.2 Å². The van der Waals surface area contributed by atoms with Gasteiger partial charge in [0.1, 0.15) is 0 Å². The van der Waals surface area contributed by atoms with Crippen LogP contribution >= 0.6 is 15.9 Å². The van der Waals surface area contributed by atoms with Crippen LogP contribution < -0.4 is 0 Å². The van der Waals surface area contributed by atoms with Crippen LogP contribution in [0, 0.1) is 13.8 Å². The molecular weight excluding hydrogens is 449 g/mol. The molecule has 1 aliphatic heterocycles. The normalized spacial score (nSPS) is 15.7. The van der Waals surface area contributed by atoms with Gasteiger partial charge in [0.05, 0.1) is 16.7 Å². The zero-order valence-electron chi connectivity index (χ0n) is 16.5. The lowest BCUT2D eigenvalue weighted by atomic mass is 10.1. The number of carbonyl (C=O) groups excluding carboxylic acids is 1. The molecule has 1 aliphatic rings. The molecule has 0 N–H and O–H groups in total. The number of halogens is 4. The van der Waals surface area contributed by atoms with Crippen LogP contribution in [-0.4, -0.2) is 51.7 Å². The number of hydrogen-bond acceptors (Lipinski definition) is 3. The minimum absolute atomic E-state index is 0.0558. The van der Waals surface area contributed by atoms with E-state index >= 15 is 0 Å². The molecule has 2 heterocycles. The van der Waals surface area contributed by atoms with Gasteiger partial charge in [0.15, 0.2) is 5.69 Å². The molecular formula is C20H24BrF3N4O. The summed E-state index contributed by atoms with van der Waals surface area (Å²) < 4.78 is 40.1. The maximum atomic E-state index is 13.0. The van der Waals surface area contributed by atoms with Crippen molar-refractivity contribution in [3.05, 3.63) is 51.3 Å². The van der Waals surface area contributed by atoms with Crippen molar-refractivity contribution in [1.29, 1.82) is 0 Å². The van der Waals surface area contributed by atoms with Gasteiger partial charge in [0.25, 0.3) is 0 Å². The van der Waals surface area contributed by atoms with Crippen LogP contribution in [-0.2, 0) is 24.1 Å². The molecule has 0 spiro atoms. The van der Waals surface area contributed by atoms with E-state index in [0.29, 0.717) is 18.8 Å². The number of aryl methyl sites for hydroxylation is 2. The van der Waals surface area contributed by atoms with E-state index in [1.54, 1.807) is 11.8 Å². The molecule has 1 amide bonds. The van der Waals surface area contributed by atoms with E-state index in [4.69, 9.17) is 0 Å². The summed E-state index contributed by atoms with van der Waals surface area (Å²) in [5.74, 6) is -0.0558. The van der Waals surface area contributed by atoms with E-state index in [1.165, 1.54) is 15.8 Å². The molecule has 1 aromatic carbocycles. The molecule has 0 radical (unpaired) electrons. The van der Waals surface area contributed by atoms with Gasteiger partial charge in [-0.1, -0.05) is 29.8 Å². The molecule has 0 bridgehead atoms. The van der Waals surface area contributed by atoms with E-state index < -0.39 is 11.9 Å². The van der Waals surface area contributed by atoms with Gasteiger partial charge in [0, 0.05) is 39.1 Å². The predicted molar refractivity (Wildman–Crippen MR) is 107 cm³/mol. The van der Waals surface area contributed by atoms with E-state index in [-0.39, 0.29) is 23.3 Å². The van der Waals surface area contributed by atoms with Crippen LogP contribution in [0.3, 0.4) is 0 Å². The summed E-state index contributed by atoms with van der Waals surface area (Å²) in [5, 5.41) is 3.63. The smallest absolute Gasteiger partial charge is 0.340 e. The van der Waals surface area contributed by atoms with Gasteiger partial charge < -0.3 is 4.90 Å². The molecule has 1 aromatic heterocycles. The van der Waals surface area contributed by atoms with Crippen LogP contribution in [0.1, 0.15) is 28.9 Å². The maximum Gasteiger partial charge on any atom is 0.436 e. The Kier molecular flexibility index (Phi) is 6.68. The number of benzene rings is 1. The van der Waals surface area contributed by atoms with Crippen LogP contribution in [0.25, 0.3) is 0 Å². The molecule has 9 heteroatoms. The summed E-state index contributed by atoms with van der Waals surface area (Å²) in [4.78, 5) is 16.6. The number of aromatic nitrogens is 2. The highest BCUT2D eigenvalue weighted by Crippen LogP contribution is 2.35. The molecule has 3 rings (SSSR count). The minimum Gasteiger partial charge on any atom is -0.340 e. The molecule has 29 heavy (non-hydrogen) atoms. The molecule has 0 aliphatic carbocycles. The fourth-order valence-electron chi connectivity index (χ4n) is 3.51. The molecule has 0 atom stereocenters. The van der Waals surface area contributed by atoms with Gasteiger partial charge in [-0.2, -0.15) is 18.3 Å². The van der Waals surface area contributed by atoms with Gasteiger partial charge in [-0.25, -0.2) is 0 Å². The highest BCUT2D eigenvalue weighted by molar-refractivity contribution is 9.10. The molecule has 0 unspecified atom stereocenters. The van der Waals surface area contributed by atoms with Crippen LogP contribution in [0.2, 0.25) is 0 Å². The summed E-state index contributed by atoms with van der Waals surface area (Å²) in [6.45, 7) is 7.42. The fourth-order valence-corrected chi connectivity index (χ4v) is 4.02. The first-order valence-corrected chi connectivity index (χ1v) is 10.3. The summed E-state index contributed by atoms with van der Waals surface area (Å²) in [6.07, 6.45) is -4.39. The average molecular weight is 473 g/mol. The predicted octanol–water partition coefficient (Wildman–Crippen LogP) is 4.02.